The molecule has 10 rings (SSSR count). The number of ketones is 2. The van der Waals surface area contributed by atoms with Crippen LogP contribution in [0, 0.1) is 17.9 Å². The second-order valence-electron chi connectivity index (χ2n) is 16.5. The molecule has 10 heteroatoms. The lowest BCUT2D eigenvalue weighted by molar-refractivity contribution is 0.0340. The van der Waals surface area contributed by atoms with Crippen molar-refractivity contribution in [3.63, 3.8) is 0 Å². The van der Waals surface area contributed by atoms with E-state index >= 15 is 0 Å². The maximum Gasteiger partial charge on any atom is 0.488 e. The Hall–Kier alpha value is -6.30. The first-order valence-corrected chi connectivity index (χ1v) is 21.7. The van der Waals surface area contributed by atoms with Crippen molar-refractivity contribution in [3.05, 3.63) is 188 Å². The number of ether oxygens (including phenoxy) is 2. The molecule has 0 saturated heterocycles. The van der Waals surface area contributed by atoms with Crippen molar-refractivity contribution >= 4 is 45.8 Å². The Kier molecular flexibility index (Phi) is 12.6. The van der Waals surface area contributed by atoms with Gasteiger partial charge in [0, 0.05) is 17.3 Å². The molecule has 2 N–H and O–H groups in total. The second-order valence-corrected chi connectivity index (χ2v) is 17.4. The SMILES string of the molecule is N#Cc1cccc(B(O)O)c1.O=C1CC2(CCCc3ccccc3C2)Oc2ccc(Br)cc21.[C-]#[N+]c1cccc(-c2ccc3c(c2)C(=O)CC2(CCCc4ccccc4C2)O3)c1. The molecule has 2 aliphatic heterocycles. The minimum Gasteiger partial charge on any atom is -0.486 e. The molecular weight excluding hydrogens is 839 g/mol. The fraction of sp³-hybridized carbons (Fsp3) is 0.231. The summed E-state index contributed by atoms with van der Waals surface area (Å²) >= 11 is 3.43. The first-order chi connectivity index (χ1) is 30.0. The molecule has 2 atom stereocenters. The number of hydrogen-bond donors (Lipinski definition) is 2. The smallest absolute Gasteiger partial charge is 0.486 e. The molecule has 4 aliphatic rings. The predicted octanol–water partition coefficient (Wildman–Crippen LogP) is 10.2. The molecular formula is C52H44BBrN2O6. The van der Waals surface area contributed by atoms with Gasteiger partial charge in [0.25, 0.3) is 0 Å². The molecule has 0 saturated carbocycles. The number of nitriles is 1. The maximum atomic E-state index is 13.2. The Bertz CT molecular complexity index is 2760. The number of Topliss-reactive ketones (excluding diaryl/α,β-unsaturated/α-hetero) is 2. The van der Waals surface area contributed by atoms with Crippen LogP contribution in [0.3, 0.4) is 0 Å². The van der Waals surface area contributed by atoms with Gasteiger partial charge in [-0.15, -0.1) is 0 Å². The van der Waals surface area contributed by atoms with E-state index in [1.807, 2.05) is 60.7 Å². The highest BCUT2D eigenvalue weighted by molar-refractivity contribution is 9.10. The molecule has 6 aromatic rings. The summed E-state index contributed by atoms with van der Waals surface area (Å²) in [7, 11) is -1.50. The van der Waals surface area contributed by atoms with Gasteiger partial charge in [0.2, 0.25) is 0 Å². The van der Waals surface area contributed by atoms with Gasteiger partial charge in [0.15, 0.2) is 17.3 Å². The predicted molar refractivity (Wildman–Crippen MR) is 244 cm³/mol. The van der Waals surface area contributed by atoms with Crippen LogP contribution in [0.1, 0.15) is 87.1 Å². The molecule has 0 radical (unpaired) electrons. The molecule has 0 amide bonds. The molecule has 0 aromatic heterocycles. The summed E-state index contributed by atoms with van der Waals surface area (Å²) in [4.78, 5) is 29.3. The number of halogens is 1. The normalized spacial score (nSPS) is 19.3. The summed E-state index contributed by atoms with van der Waals surface area (Å²) in [5.41, 5.74) is 9.19. The van der Waals surface area contributed by atoms with Gasteiger partial charge < -0.3 is 19.5 Å². The fourth-order valence-electron chi connectivity index (χ4n) is 9.16. The minimum absolute atomic E-state index is 0.147. The zero-order chi connectivity index (χ0) is 43.3. The maximum absolute atomic E-state index is 13.2. The van der Waals surface area contributed by atoms with Crippen LogP contribution in [-0.4, -0.2) is 39.9 Å². The third kappa shape index (κ3) is 9.44. The lowest BCUT2D eigenvalue weighted by Gasteiger charge is -2.37. The average Bonchev–Trinajstić information content (AvgIpc) is 3.57. The van der Waals surface area contributed by atoms with Gasteiger partial charge in [0.1, 0.15) is 22.7 Å². The third-order valence-electron chi connectivity index (χ3n) is 12.2. The molecule has 6 aromatic carbocycles. The molecule has 8 nitrogen and oxygen atoms in total. The van der Waals surface area contributed by atoms with Gasteiger partial charge in [-0.3, -0.25) is 9.59 Å². The Labute approximate surface area is 370 Å². The molecule has 308 valence electrons. The molecule has 0 bridgehead atoms. The van der Waals surface area contributed by atoms with E-state index < -0.39 is 12.7 Å². The van der Waals surface area contributed by atoms with Gasteiger partial charge in [-0.2, -0.15) is 5.26 Å². The number of carbonyl (C=O) groups excluding carboxylic acids is 2. The van der Waals surface area contributed by atoms with Crippen molar-refractivity contribution in [1.29, 1.82) is 5.26 Å². The summed E-state index contributed by atoms with van der Waals surface area (Å²) in [6.07, 6.45) is 8.53. The van der Waals surface area contributed by atoms with E-state index in [-0.39, 0.29) is 17.2 Å². The number of fused-ring (bicyclic) bond motifs is 4. The van der Waals surface area contributed by atoms with Crippen LogP contribution in [-0.2, 0) is 25.7 Å². The highest BCUT2D eigenvalue weighted by Gasteiger charge is 2.43. The van der Waals surface area contributed by atoms with Gasteiger partial charge in [-0.05, 0) is 126 Å². The van der Waals surface area contributed by atoms with E-state index in [2.05, 4.69) is 69.3 Å². The van der Waals surface area contributed by atoms with Gasteiger partial charge >= 0.3 is 7.12 Å². The second kappa shape index (κ2) is 18.4. The van der Waals surface area contributed by atoms with E-state index in [0.29, 0.717) is 46.4 Å². The lowest BCUT2D eigenvalue weighted by atomic mass is 9.80. The van der Waals surface area contributed by atoms with Gasteiger partial charge in [0.05, 0.1) is 42.2 Å². The van der Waals surface area contributed by atoms with Crippen LogP contribution < -0.4 is 14.9 Å². The zero-order valence-electron chi connectivity index (χ0n) is 34.1. The van der Waals surface area contributed by atoms with Crippen LogP contribution in [0.2, 0.25) is 0 Å². The highest BCUT2D eigenvalue weighted by Crippen LogP contribution is 2.43. The number of benzene rings is 6. The summed E-state index contributed by atoms with van der Waals surface area (Å²) in [5, 5.41) is 25.8. The Morgan fingerprint density at radius 2 is 1.18 bits per heavy atom. The number of nitrogens with zero attached hydrogens (tertiary/aromatic N) is 2. The third-order valence-corrected chi connectivity index (χ3v) is 12.7. The van der Waals surface area contributed by atoms with Crippen LogP contribution in [0.4, 0.5) is 5.69 Å². The number of carbonyl (C=O) groups is 2. The standard InChI is InChI=1S/C26H21NO2.C19H17BrO2.C7H6BNO2/c1-27-22-10-4-8-19(14-22)20-11-12-25-23(15-20)24(28)17-26(29-25)13-5-9-18-6-2-3-7-21(18)16-26;20-15-7-8-18-16(10-15)17(21)12-19(22-18)9-3-6-13-4-1-2-5-14(13)11-19;9-5-6-2-1-3-7(4-6)8(10)11/h2-4,6-8,10-12,14-15H,5,9,13,16-17H2;1-2,4-5,7-8,10H,3,6,9,11-12H2;1-4,10-11H. The van der Waals surface area contributed by atoms with E-state index in [1.54, 1.807) is 24.3 Å². The number of hydrogen-bond acceptors (Lipinski definition) is 7. The first kappa shape index (κ1) is 42.4. The quantitative estimate of drug-likeness (QED) is 0.131. The summed E-state index contributed by atoms with van der Waals surface area (Å²) < 4.78 is 13.8. The Morgan fingerprint density at radius 1 is 0.629 bits per heavy atom. The zero-order valence-corrected chi connectivity index (χ0v) is 35.7. The van der Waals surface area contributed by atoms with Crippen LogP contribution in [0.5, 0.6) is 11.5 Å². The molecule has 2 unspecified atom stereocenters. The fourth-order valence-corrected chi connectivity index (χ4v) is 9.52. The topological polar surface area (TPSA) is 121 Å². The monoisotopic (exact) mass is 882 g/mol. The van der Waals surface area contributed by atoms with Crippen LogP contribution in [0.25, 0.3) is 16.0 Å². The van der Waals surface area contributed by atoms with E-state index in [0.717, 1.165) is 72.7 Å². The van der Waals surface area contributed by atoms with Crippen molar-refractivity contribution in [3.8, 4) is 28.7 Å². The van der Waals surface area contributed by atoms with Crippen molar-refractivity contribution in [2.75, 3.05) is 0 Å². The Balaban J connectivity index is 0.000000141. The van der Waals surface area contributed by atoms with Crippen LogP contribution >= 0.6 is 15.9 Å². The molecule has 62 heavy (non-hydrogen) atoms. The number of aryl methyl sites for hydroxylation is 2. The largest absolute Gasteiger partial charge is 0.488 e. The van der Waals surface area contributed by atoms with Crippen molar-refractivity contribution < 1.29 is 29.1 Å². The van der Waals surface area contributed by atoms with Crippen molar-refractivity contribution in [1.82, 2.24) is 0 Å². The van der Waals surface area contributed by atoms with Crippen molar-refractivity contribution in [2.45, 2.75) is 75.4 Å². The van der Waals surface area contributed by atoms with Gasteiger partial charge in [-0.25, -0.2) is 4.85 Å². The Morgan fingerprint density at radius 3 is 1.76 bits per heavy atom. The van der Waals surface area contributed by atoms with E-state index in [1.165, 1.54) is 28.3 Å². The van der Waals surface area contributed by atoms with E-state index in [4.69, 9.17) is 31.4 Å². The molecule has 2 aliphatic carbocycles. The average molecular weight is 884 g/mol. The summed E-state index contributed by atoms with van der Waals surface area (Å²) in [5.74, 6) is 1.76. The minimum atomic E-state index is -1.50. The number of rotatable bonds is 2. The summed E-state index contributed by atoms with van der Waals surface area (Å²) in [6.45, 7) is 7.22. The lowest BCUT2D eigenvalue weighted by Crippen LogP contribution is -2.43. The van der Waals surface area contributed by atoms with E-state index in [9.17, 15) is 9.59 Å². The molecule has 0 fully saturated rings. The highest BCUT2D eigenvalue weighted by atomic mass is 79.9. The first-order valence-electron chi connectivity index (χ1n) is 20.9. The molecule has 2 spiro atoms. The van der Waals surface area contributed by atoms with Gasteiger partial charge in [-0.1, -0.05) is 101 Å². The van der Waals surface area contributed by atoms with Crippen LogP contribution in [0.15, 0.2) is 138 Å². The molecule has 2 heterocycles. The van der Waals surface area contributed by atoms with Crippen molar-refractivity contribution in [2.24, 2.45) is 0 Å². The summed E-state index contributed by atoms with van der Waals surface area (Å²) in [6, 6.07) is 44.2.